The number of amides is 1. The predicted molar refractivity (Wildman–Crippen MR) is 69.9 cm³/mol. The molecule has 0 saturated heterocycles. The molecule has 1 N–H and O–H groups in total. The Morgan fingerprint density at radius 2 is 2.06 bits per heavy atom. The number of alkyl halides is 3. The van der Waals surface area contributed by atoms with E-state index in [2.05, 4.69) is 21.2 Å². The Kier molecular flexibility index (Phi) is 5.23. The van der Waals surface area contributed by atoms with Gasteiger partial charge in [-0.25, -0.2) is 0 Å². The Balaban J connectivity index is 2.61. The molecule has 1 aromatic rings. The van der Waals surface area contributed by atoms with Gasteiger partial charge in [-0.15, -0.1) is 0 Å². The second-order valence-corrected chi connectivity index (χ2v) is 5.35. The molecule has 94 valence electrons. The molecule has 1 rings (SSSR count). The van der Waals surface area contributed by atoms with Crippen molar-refractivity contribution in [1.29, 1.82) is 0 Å². The first-order valence-electron chi connectivity index (χ1n) is 4.59. The topological polar surface area (TPSA) is 29.1 Å². The number of carbonyl (C=O) groups is 1. The molecule has 0 unspecified atom stereocenters. The van der Waals surface area contributed by atoms with Gasteiger partial charge < -0.3 is 5.32 Å². The maximum absolute atomic E-state index is 11.9. The average Bonchev–Trinajstić information content (AvgIpc) is 2.19. The fourth-order valence-electron chi connectivity index (χ4n) is 1.08. The minimum atomic E-state index is -4.25. The van der Waals surface area contributed by atoms with E-state index in [0.29, 0.717) is 10.0 Å². The molecule has 7 heteroatoms. The van der Waals surface area contributed by atoms with E-state index in [9.17, 15) is 18.0 Å². The lowest BCUT2D eigenvalue weighted by atomic mass is 10.2. The predicted octanol–water partition coefficient (Wildman–Crippen LogP) is 3.74. The summed E-state index contributed by atoms with van der Waals surface area (Å²) < 4.78 is 37.1. The number of nitrogens with one attached hydrogen (secondary N) is 1. The van der Waals surface area contributed by atoms with E-state index in [0.717, 1.165) is 3.57 Å². The number of carbonyl (C=O) groups excluding carboxylic acids is 1. The zero-order chi connectivity index (χ0) is 13.1. The normalized spacial score (nSPS) is 11.4. The second-order valence-electron chi connectivity index (χ2n) is 3.25. The molecule has 17 heavy (non-hydrogen) atoms. The smallest absolute Gasteiger partial charge is 0.352 e. The van der Waals surface area contributed by atoms with Crippen LogP contribution in [-0.2, 0) is 0 Å². The molecule has 0 fully saturated rings. The summed E-state index contributed by atoms with van der Waals surface area (Å²) in [7, 11) is 0. The first kappa shape index (κ1) is 14.7. The monoisotopic (exact) mass is 421 g/mol. The number of hydrogen-bond acceptors (Lipinski definition) is 1. The van der Waals surface area contributed by atoms with Crippen molar-refractivity contribution < 1.29 is 18.0 Å². The van der Waals surface area contributed by atoms with Gasteiger partial charge in [0.1, 0.15) is 0 Å². The van der Waals surface area contributed by atoms with Gasteiger partial charge >= 0.3 is 6.18 Å². The fourth-order valence-corrected chi connectivity index (χ4v) is 2.00. The molecule has 0 atom stereocenters. The van der Waals surface area contributed by atoms with Crippen molar-refractivity contribution in [3.8, 4) is 0 Å². The van der Waals surface area contributed by atoms with Crippen molar-refractivity contribution in [2.45, 2.75) is 12.6 Å². The van der Waals surface area contributed by atoms with Crippen molar-refractivity contribution in [2.24, 2.45) is 0 Å². The van der Waals surface area contributed by atoms with Crippen molar-refractivity contribution in [2.75, 3.05) is 6.54 Å². The molecule has 0 spiro atoms. The highest BCUT2D eigenvalue weighted by Crippen LogP contribution is 2.20. The van der Waals surface area contributed by atoms with E-state index in [1.807, 2.05) is 22.6 Å². The molecule has 2 nitrogen and oxygen atoms in total. The Bertz CT molecular complexity index is 423. The molecule has 0 aliphatic rings. The molecule has 0 radical (unpaired) electrons. The number of halogens is 5. The molecule has 0 bridgehead atoms. The van der Waals surface area contributed by atoms with Gasteiger partial charge in [-0.1, -0.05) is 0 Å². The average molecular weight is 422 g/mol. The van der Waals surface area contributed by atoms with E-state index in [4.69, 9.17) is 0 Å². The maximum Gasteiger partial charge on any atom is 0.390 e. The fraction of sp³-hybridized carbons (Fsp3) is 0.300. The zero-order valence-electron chi connectivity index (χ0n) is 8.44. The Morgan fingerprint density at radius 3 is 2.65 bits per heavy atom. The lowest BCUT2D eigenvalue weighted by Gasteiger charge is -2.09. The lowest BCUT2D eigenvalue weighted by Crippen LogP contribution is -2.28. The van der Waals surface area contributed by atoms with Crippen LogP contribution in [0.25, 0.3) is 0 Å². The van der Waals surface area contributed by atoms with Crippen LogP contribution in [0.1, 0.15) is 16.8 Å². The largest absolute Gasteiger partial charge is 0.390 e. The van der Waals surface area contributed by atoms with Crippen molar-refractivity contribution in [3.63, 3.8) is 0 Å². The molecule has 1 aromatic carbocycles. The lowest BCUT2D eigenvalue weighted by molar-refractivity contribution is -0.132. The molecular formula is C10H8BrF3INO. The zero-order valence-corrected chi connectivity index (χ0v) is 12.2. The Hall–Kier alpha value is -0.310. The van der Waals surface area contributed by atoms with Gasteiger partial charge in [-0.3, -0.25) is 4.79 Å². The molecule has 1 amide bonds. The van der Waals surface area contributed by atoms with Crippen LogP contribution < -0.4 is 5.32 Å². The van der Waals surface area contributed by atoms with Gasteiger partial charge in [0.25, 0.3) is 5.91 Å². The third kappa shape index (κ3) is 5.24. The van der Waals surface area contributed by atoms with Crippen molar-refractivity contribution in [1.82, 2.24) is 5.32 Å². The van der Waals surface area contributed by atoms with Gasteiger partial charge in [0, 0.05) is 14.6 Å². The Labute approximate surface area is 118 Å². The first-order chi connectivity index (χ1) is 7.79. The summed E-state index contributed by atoms with van der Waals surface area (Å²) >= 11 is 5.20. The van der Waals surface area contributed by atoms with Crippen LogP contribution in [0.3, 0.4) is 0 Å². The van der Waals surface area contributed by atoms with E-state index in [-0.39, 0.29) is 0 Å². The van der Waals surface area contributed by atoms with Crippen LogP contribution in [0.4, 0.5) is 13.2 Å². The Morgan fingerprint density at radius 1 is 1.41 bits per heavy atom. The van der Waals surface area contributed by atoms with Crippen molar-refractivity contribution >= 4 is 44.4 Å². The quantitative estimate of drug-likeness (QED) is 0.740. The van der Waals surface area contributed by atoms with Crippen LogP contribution in [0.5, 0.6) is 0 Å². The highest BCUT2D eigenvalue weighted by Gasteiger charge is 2.26. The van der Waals surface area contributed by atoms with Gasteiger partial charge in [0.15, 0.2) is 0 Å². The third-order valence-corrected chi connectivity index (χ3v) is 3.23. The van der Waals surface area contributed by atoms with Crippen LogP contribution in [-0.4, -0.2) is 18.6 Å². The van der Waals surface area contributed by atoms with Gasteiger partial charge in [-0.05, 0) is 56.7 Å². The molecule has 0 aliphatic carbocycles. The minimum Gasteiger partial charge on any atom is -0.352 e. The van der Waals surface area contributed by atoms with Crippen LogP contribution in [0.15, 0.2) is 22.7 Å². The minimum absolute atomic E-state index is 0.332. The molecule has 0 aliphatic heterocycles. The standard InChI is InChI=1S/C10H8BrF3INO/c11-8-2-1-6(15)5-7(8)9(17)16-4-3-10(12,13)14/h1-2,5H,3-4H2,(H,16,17). The van der Waals surface area contributed by atoms with E-state index in [1.165, 1.54) is 0 Å². The summed E-state index contributed by atoms with van der Waals surface area (Å²) in [4.78, 5) is 11.6. The molecule has 0 heterocycles. The number of benzene rings is 1. The summed E-state index contributed by atoms with van der Waals surface area (Å²) in [5.74, 6) is -0.514. The van der Waals surface area contributed by atoms with E-state index in [1.54, 1.807) is 18.2 Å². The van der Waals surface area contributed by atoms with Crippen LogP contribution >= 0.6 is 38.5 Å². The highest BCUT2D eigenvalue weighted by atomic mass is 127. The number of rotatable bonds is 3. The summed E-state index contributed by atoms with van der Waals surface area (Å²) in [5, 5.41) is 2.23. The SMILES string of the molecule is O=C(NCCC(F)(F)F)c1cc(I)ccc1Br. The summed E-state index contributed by atoms with van der Waals surface area (Å²) in [5.41, 5.74) is 0.332. The van der Waals surface area contributed by atoms with Gasteiger partial charge in [0.05, 0.1) is 12.0 Å². The third-order valence-electron chi connectivity index (χ3n) is 1.87. The van der Waals surface area contributed by atoms with E-state index < -0.39 is 25.0 Å². The van der Waals surface area contributed by atoms with E-state index >= 15 is 0 Å². The first-order valence-corrected chi connectivity index (χ1v) is 6.47. The highest BCUT2D eigenvalue weighted by molar-refractivity contribution is 14.1. The molecular weight excluding hydrogens is 414 g/mol. The summed E-state index contributed by atoms with van der Waals surface area (Å²) in [6, 6.07) is 5.07. The summed E-state index contributed by atoms with van der Waals surface area (Å²) in [6.07, 6.45) is -5.28. The summed E-state index contributed by atoms with van der Waals surface area (Å²) in [6.45, 7) is -0.416. The maximum atomic E-state index is 11.9. The van der Waals surface area contributed by atoms with Crippen LogP contribution in [0, 0.1) is 3.57 Å². The number of hydrogen-bond donors (Lipinski definition) is 1. The second kappa shape index (κ2) is 6.03. The van der Waals surface area contributed by atoms with Gasteiger partial charge in [-0.2, -0.15) is 13.2 Å². The molecule has 0 saturated carbocycles. The van der Waals surface area contributed by atoms with Crippen molar-refractivity contribution in [3.05, 3.63) is 31.8 Å². The van der Waals surface area contributed by atoms with Crippen LogP contribution in [0.2, 0.25) is 0 Å². The molecule has 0 aromatic heterocycles. The van der Waals surface area contributed by atoms with Gasteiger partial charge in [0.2, 0.25) is 0 Å².